The van der Waals surface area contributed by atoms with Gasteiger partial charge in [0, 0.05) is 18.5 Å². The number of methoxy groups -OCH3 is 1. The summed E-state index contributed by atoms with van der Waals surface area (Å²) in [6.07, 6.45) is 3.02. The summed E-state index contributed by atoms with van der Waals surface area (Å²) in [7, 11) is -2.66. The van der Waals surface area contributed by atoms with Crippen LogP contribution in [0.4, 0.5) is 5.82 Å². The van der Waals surface area contributed by atoms with Crippen molar-refractivity contribution < 1.29 is 27.7 Å². The van der Waals surface area contributed by atoms with Crippen molar-refractivity contribution in [3.05, 3.63) is 77.2 Å². The van der Waals surface area contributed by atoms with E-state index in [2.05, 4.69) is 24.7 Å². The first-order chi connectivity index (χ1) is 19.5. The van der Waals surface area contributed by atoms with Gasteiger partial charge >= 0.3 is 0 Å². The van der Waals surface area contributed by atoms with E-state index >= 15 is 0 Å². The number of sulfonamides is 1. The van der Waals surface area contributed by atoms with Gasteiger partial charge in [-0.05, 0) is 41.3 Å². The fourth-order valence-corrected chi connectivity index (χ4v) is 4.80. The molecule has 0 spiro atoms. The maximum Gasteiger partial charge on any atom is 0.263 e. The third-order valence-corrected chi connectivity index (χ3v) is 7.46. The van der Waals surface area contributed by atoms with E-state index in [1.807, 2.05) is 20.8 Å². The van der Waals surface area contributed by atoms with Crippen LogP contribution >= 0.6 is 11.6 Å². The Morgan fingerprint density at radius 3 is 2.34 bits per heavy atom. The largest absolute Gasteiger partial charge is 0.497 e. The Morgan fingerprint density at radius 1 is 1.00 bits per heavy atom. The van der Waals surface area contributed by atoms with Gasteiger partial charge in [-0.2, -0.15) is 0 Å². The highest BCUT2D eigenvalue weighted by atomic mass is 35.5. The number of benzene rings is 2. The Hall–Kier alpha value is -3.84. The molecule has 4 rings (SSSR count). The predicted molar refractivity (Wildman–Crippen MR) is 154 cm³/mol. The fraction of sp³-hybridized carbons (Fsp3) is 0.286. The predicted octanol–water partition coefficient (Wildman–Crippen LogP) is 5.00. The molecule has 0 aliphatic rings. The number of hydrogen-bond acceptors (Lipinski definition) is 10. The van der Waals surface area contributed by atoms with Crippen molar-refractivity contribution in [3.8, 4) is 28.9 Å². The average Bonchev–Trinajstić information content (AvgIpc) is 2.95. The Morgan fingerprint density at radius 2 is 1.71 bits per heavy atom. The molecule has 0 radical (unpaired) electrons. The van der Waals surface area contributed by atoms with Crippen LogP contribution in [0.15, 0.2) is 65.8 Å². The molecule has 0 fully saturated rings. The molecule has 11 nitrogen and oxygen atoms in total. The zero-order valence-corrected chi connectivity index (χ0v) is 24.5. The molecule has 13 heteroatoms. The highest BCUT2D eigenvalue weighted by Crippen LogP contribution is 2.39. The van der Waals surface area contributed by atoms with Crippen LogP contribution in [0.1, 0.15) is 32.0 Å². The minimum Gasteiger partial charge on any atom is -0.497 e. The topological polar surface area (TPSA) is 146 Å². The molecule has 0 atom stereocenters. The van der Waals surface area contributed by atoms with Crippen LogP contribution in [0.3, 0.4) is 0 Å². The zero-order valence-electron chi connectivity index (χ0n) is 23.0. The second kappa shape index (κ2) is 12.8. The quantitative estimate of drug-likeness (QED) is 0.226. The molecule has 41 heavy (non-hydrogen) atoms. The van der Waals surface area contributed by atoms with E-state index < -0.39 is 10.0 Å². The summed E-state index contributed by atoms with van der Waals surface area (Å²) in [6.45, 7) is 5.72. The van der Waals surface area contributed by atoms with Crippen LogP contribution in [-0.2, 0) is 26.8 Å². The minimum atomic E-state index is -4.15. The number of ether oxygens (including phenoxy) is 3. The highest BCUT2D eigenvalue weighted by molar-refractivity contribution is 7.92. The molecule has 0 saturated carbocycles. The summed E-state index contributed by atoms with van der Waals surface area (Å²) in [5.74, 6) is 0.543. The van der Waals surface area contributed by atoms with Gasteiger partial charge in [0.25, 0.3) is 10.0 Å². The number of hydrogen-bond donors (Lipinski definition) is 2. The standard InChI is InChI=1S/C28H30ClN5O6S/c1-28(2,3)18-6-9-20(10-7-18)41(36,37)34-25-24(40-23-16-19(38-4)8-11-21(23)29)22(17-39-15-14-35)32-27(33-25)26-30-12-5-13-31-26/h5-13,16,35H,14-15,17H2,1-4H3,(H,32,33,34). The number of aliphatic hydroxyl groups is 1. The highest BCUT2D eigenvalue weighted by Gasteiger charge is 2.25. The first-order valence-corrected chi connectivity index (χ1v) is 14.4. The summed E-state index contributed by atoms with van der Waals surface area (Å²) in [4.78, 5) is 17.3. The van der Waals surface area contributed by atoms with Crippen LogP contribution < -0.4 is 14.2 Å². The Balaban J connectivity index is 1.86. The molecular weight excluding hydrogens is 570 g/mol. The van der Waals surface area contributed by atoms with E-state index in [0.717, 1.165) is 5.56 Å². The van der Waals surface area contributed by atoms with E-state index in [0.29, 0.717) is 5.75 Å². The number of anilines is 1. The van der Waals surface area contributed by atoms with Crippen molar-refractivity contribution in [1.29, 1.82) is 0 Å². The lowest BCUT2D eigenvalue weighted by Gasteiger charge is -2.20. The number of aliphatic hydroxyl groups excluding tert-OH is 1. The molecule has 2 aromatic heterocycles. The Bertz CT molecular complexity index is 1600. The number of aromatic nitrogens is 4. The summed E-state index contributed by atoms with van der Waals surface area (Å²) < 4.78 is 46.7. The van der Waals surface area contributed by atoms with Gasteiger partial charge in [0.15, 0.2) is 23.2 Å². The van der Waals surface area contributed by atoms with Crippen molar-refractivity contribution in [1.82, 2.24) is 19.9 Å². The second-order valence-corrected chi connectivity index (χ2v) is 11.9. The van der Waals surface area contributed by atoms with E-state index in [4.69, 9.17) is 25.8 Å². The van der Waals surface area contributed by atoms with E-state index in [-0.39, 0.29) is 69.8 Å². The zero-order chi connectivity index (χ0) is 29.6. The lowest BCUT2D eigenvalue weighted by atomic mass is 9.87. The summed E-state index contributed by atoms with van der Waals surface area (Å²) in [6, 6.07) is 13.0. The van der Waals surface area contributed by atoms with E-state index in [1.165, 1.54) is 31.6 Å². The molecule has 216 valence electrons. The van der Waals surface area contributed by atoms with Gasteiger partial charge < -0.3 is 19.3 Å². The maximum atomic E-state index is 13.6. The van der Waals surface area contributed by atoms with Crippen LogP contribution in [0, 0.1) is 0 Å². The molecule has 2 aromatic carbocycles. The molecule has 0 bridgehead atoms. The Labute approximate surface area is 243 Å². The van der Waals surface area contributed by atoms with Crippen molar-refractivity contribution in [3.63, 3.8) is 0 Å². The van der Waals surface area contributed by atoms with Crippen molar-refractivity contribution >= 4 is 27.4 Å². The van der Waals surface area contributed by atoms with Crippen molar-refractivity contribution in [2.45, 2.75) is 37.7 Å². The van der Waals surface area contributed by atoms with E-state index in [9.17, 15) is 13.5 Å². The fourth-order valence-electron chi connectivity index (χ4n) is 3.64. The first kappa shape index (κ1) is 30.1. The van der Waals surface area contributed by atoms with Gasteiger partial charge in [-0.25, -0.2) is 28.4 Å². The lowest BCUT2D eigenvalue weighted by Crippen LogP contribution is -2.18. The van der Waals surface area contributed by atoms with Crippen LogP contribution in [0.5, 0.6) is 17.2 Å². The second-order valence-electron chi connectivity index (χ2n) is 9.80. The van der Waals surface area contributed by atoms with E-state index in [1.54, 1.807) is 36.4 Å². The van der Waals surface area contributed by atoms with Gasteiger partial charge in [-0.1, -0.05) is 44.5 Å². The first-order valence-electron chi connectivity index (χ1n) is 12.5. The summed E-state index contributed by atoms with van der Waals surface area (Å²) in [5.41, 5.74) is 0.977. The van der Waals surface area contributed by atoms with Gasteiger partial charge in [-0.3, -0.25) is 4.72 Å². The SMILES string of the molecule is COc1ccc(Cl)c(Oc2c(COCCO)nc(-c3ncccn3)nc2NS(=O)(=O)c2ccc(C(C)(C)C)cc2)c1. The molecule has 4 aromatic rings. The van der Waals surface area contributed by atoms with Crippen LogP contribution in [-0.4, -0.2) is 53.8 Å². The maximum absolute atomic E-state index is 13.6. The van der Waals surface area contributed by atoms with Crippen LogP contribution in [0.2, 0.25) is 5.02 Å². The van der Waals surface area contributed by atoms with Gasteiger partial charge in [0.05, 0.1) is 36.8 Å². The third-order valence-electron chi connectivity index (χ3n) is 5.79. The van der Waals surface area contributed by atoms with Gasteiger partial charge in [0.1, 0.15) is 17.2 Å². The average molecular weight is 600 g/mol. The van der Waals surface area contributed by atoms with Crippen molar-refractivity contribution in [2.24, 2.45) is 0 Å². The molecule has 2 heterocycles. The summed E-state index contributed by atoms with van der Waals surface area (Å²) >= 11 is 6.40. The number of rotatable bonds is 11. The van der Waals surface area contributed by atoms with Crippen molar-refractivity contribution in [2.75, 3.05) is 25.0 Å². The summed E-state index contributed by atoms with van der Waals surface area (Å²) in [5, 5.41) is 9.48. The monoisotopic (exact) mass is 599 g/mol. The van der Waals surface area contributed by atoms with Gasteiger partial charge in [0.2, 0.25) is 0 Å². The number of nitrogens with one attached hydrogen (secondary N) is 1. The minimum absolute atomic E-state index is 0.00170. The Kier molecular flexibility index (Phi) is 9.38. The molecule has 0 amide bonds. The number of nitrogens with zero attached hydrogens (tertiary/aromatic N) is 4. The molecular formula is C28H30ClN5O6S. The molecule has 0 aliphatic heterocycles. The molecule has 0 aliphatic carbocycles. The molecule has 0 saturated heterocycles. The third kappa shape index (κ3) is 7.47. The number of halogens is 1. The van der Waals surface area contributed by atoms with Gasteiger partial charge in [-0.15, -0.1) is 0 Å². The molecule has 2 N–H and O–H groups in total. The van der Waals surface area contributed by atoms with Crippen LogP contribution in [0.25, 0.3) is 11.6 Å². The smallest absolute Gasteiger partial charge is 0.263 e. The molecule has 0 unspecified atom stereocenters. The lowest BCUT2D eigenvalue weighted by molar-refractivity contribution is 0.0787. The normalized spacial score (nSPS) is 11.8.